The summed E-state index contributed by atoms with van der Waals surface area (Å²) < 4.78 is 5.69. The third-order valence-electron chi connectivity index (χ3n) is 7.33. The number of halogens is 1. The predicted octanol–water partition coefficient (Wildman–Crippen LogP) is 3.96. The highest BCUT2D eigenvalue weighted by molar-refractivity contribution is 6.70. The van der Waals surface area contributed by atoms with Crippen LogP contribution in [0.25, 0.3) is 0 Å². The fraction of sp³-hybridized carbons (Fsp3) is 0.417. The van der Waals surface area contributed by atoms with Gasteiger partial charge >= 0.3 is 0 Å². The topological polar surface area (TPSA) is 86.8 Å². The van der Waals surface area contributed by atoms with E-state index in [4.69, 9.17) is 26.5 Å². The number of ether oxygens (including phenoxy) is 1. The van der Waals surface area contributed by atoms with Gasteiger partial charge in [0.2, 0.25) is 0 Å². The molecule has 1 saturated carbocycles. The van der Waals surface area contributed by atoms with Gasteiger partial charge in [0.25, 0.3) is 5.69 Å². The molecule has 10 heteroatoms. The van der Waals surface area contributed by atoms with Crippen LogP contribution in [-0.4, -0.2) is 63.8 Å². The third kappa shape index (κ3) is 3.22. The van der Waals surface area contributed by atoms with Gasteiger partial charge in [0, 0.05) is 36.3 Å². The number of nitro groups is 1. The Morgan fingerprint density at radius 1 is 1.03 bits per heavy atom. The minimum Gasteiger partial charge on any atom is -0.379 e. The Bertz CT molecular complexity index is 1180. The van der Waals surface area contributed by atoms with Crippen LogP contribution in [0.1, 0.15) is 36.8 Å². The minimum absolute atomic E-state index is 0.0177. The molecule has 2 atom stereocenters. The number of rotatable bonds is 3. The fourth-order valence-corrected chi connectivity index (χ4v) is 6.06. The molecular formula is C24H25ClN6O3. The summed E-state index contributed by atoms with van der Waals surface area (Å²) in [6, 6.07) is 14.6. The van der Waals surface area contributed by atoms with Crippen LogP contribution in [-0.2, 0) is 4.74 Å². The zero-order valence-electron chi connectivity index (χ0n) is 18.6. The van der Waals surface area contributed by atoms with Crippen LogP contribution < -0.4 is 5.01 Å². The maximum Gasteiger partial charge on any atom is 0.269 e. The molecule has 0 N–H and O–H groups in total. The number of morpholine rings is 1. The van der Waals surface area contributed by atoms with E-state index in [1.165, 1.54) is 0 Å². The first-order chi connectivity index (χ1) is 16.6. The number of fused-ring (bicyclic) bond motifs is 5. The standard InChI is InChI=1S/C24H25ClN6O3/c25-22-19-5-1-2-6-20(19)23-27-30(17-8-10-18(11-9-17)31(32)33)24(28-13-15-34-16-14-28)12-4-3-7-21(24)29(23)26-22/h1-2,5-6,8-11,21H,3-4,7,12-16H2/t21-,24+/m1/s1. The first-order valence-electron chi connectivity index (χ1n) is 11.7. The third-order valence-corrected chi connectivity index (χ3v) is 7.61. The van der Waals surface area contributed by atoms with Crippen molar-refractivity contribution in [2.45, 2.75) is 37.4 Å². The Balaban J connectivity index is 1.57. The number of hydrazone groups is 2. The van der Waals surface area contributed by atoms with E-state index in [1.807, 2.05) is 29.3 Å². The van der Waals surface area contributed by atoms with Gasteiger partial charge < -0.3 is 4.74 Å². The van der Waals surface area contributed by atoms with E-state index in [9.17, 15) is 10.1 Å². The lowest BCUT2D eigenvalue weighted by Gasteiger charge is -2.60. The predicted molar refractivity (Wildman–Crippen MR) is 130 cm³/mol. The maximum atomic E-state index is 11.3. The average molecular weight is 481 g/mol. The lowest BCUT2D eigenvalue weighted by Crippen LogP contribution is -2.75. The monoisotopic (exact) mass is 480 g/mol. The second kappa shape index (κ2) is 8.33. The van der Waals surface area contributed by atoms with Gasteiger partial charge in [0.15, 0.2) is 11.0 Å². The van der Waals surface area contributed by atoms with Crippen LogP contribution in [0.3, 0.4) is 0 Å². The van der Waals surface area contributed by atoms with Gasteiger partial charge in [-0.2, -0.15) is 10.2 Å². The van der Waals surface area contributed by atoms with Gasteiger partial charge in [-0.05, 0) is 31.4 Å². The van der Waals surface area contributed by atoms with E-state index < -0.39 is 5.66 Å². The summed E-state index contributed by atoms with van der Waals surface area (Å²) in [5, 5.41) is 26.0. The summed E-state index contributed by atoms with van der Waals surface area (Å²) in [6.07, 6.45) is 3.99. The Morgan fingerprint density at radius 3 is 2.50 bits per heavy atom. The number of benzene rings is 2. The number of hydrogen-bond acceptors (Lipinski definition) is 8. The van der Waals surface area contributed by atoms with E-state index in [2.05, 4.69) is 9.91 Å². The van der Waals surface area contributed by atoms with Crippen molar-refractivity contribution in [3.05, 3.63) is 69.8 Å². The van der Waals surface area contributed by atoms with Crippen molar-refractivity contribution in [3.8, 4) is 0 Å². The molecule has 1 aliphatic carbocycles. The Kier molecular flexibility index (Phi) is 5.28. The van der Waals surface area contributed by atoms with E-state index in [1.54, 1.807) is 24.3 Å². The molecule has 0 spiro atoms. The van der Waals surface area contributed by atoms with Crippen molar-refractivity contribution in [2.75, 3.05) is 31.3 Å². The number of anilines is 1. The SMILES string of the molecule is O=[N+]([O-])c1ccc(N2N=C3c4ccccc4C(Cl)=NN3[C@@H]3CCCC[C@@]32N2CCOCC2)cc1. The number of amidine groups is 1. The van der Waals surface area contributed by atoms with Gasteiger partial charge in [-0.15, -0.1) is 0 Å². The number of nitrogens with zero attached hydrogens (tertiary/aromatic N) is 6. The molecule has 2 aromatic carbocycles. The molecular weight excluding hydrogens is 456 g/mol. The number of hydrogen-bond donors (Lipinski definition) is 0. The number of non-ortho nitro benzene ring substituents is 1. The molecule has 3 aliphatic heterocycles. The van der Waals surface area contributed by atoms with Crippen molar-refractivity contribution in [1.82, 2.24) is 9.91 Å². The van der Waals surface area contributed by atoms with Gasteiger partial charge in [0.05, 0.1) is 29.9 Å². The van der Waals surface area contributed by atoms with Gasteiger partial charge in [0.1, 0.15) is 5.66 Å². The first-order valence-corrected chi connectivity index (χ1v) is 12.1. The Labute approximate surface area is 202 Å². The fourth-order valence-electron chi connectivity index (χ4n) is 5.81. The summed E-state index contributed by atoms with van der Waals surface area (Å²) in [5.74, 6) is 0.758. The largest absolute Gasteiger partial charge is 0.379 e. The second-order valence-electron chi connectivity index (χ2n) is 9.03. The van der Waals surface area contributed by atoms with E-state index in [-0.39, 0.29) is 16.7 Å². The molecule has 2 aromatic rings. The molecule has 1 saturated heterocycles. The Hall–Kier alpha value is -3.01. The lowest BCUT2D eigenvalue weighted by atomic mass is 9.80. The van der Waals surface area contributed by atoms with Crippen molar-refractivity contribution < 1.29 is 9.66 Å². The van der Waals surface area contributed by atoms with Crippen LogP contribution in [0.4, 0.5) is 11.4 Å². The molecule has 9 nitrogen and oxygen atoms in total. The molecule has 0 radical (unpaired) electrons. The molecule has 176 valence electrons. The van der Waals surface area contributed by atoms with Crippen LogP contribution in [0.15, 0.2) is 58.7 Å². The summed E-state index contributed by atoms with van der Waals surface area (Å²) >= 11 is 6.67. The average Bonchev–Trinajstić information content (AvgIpc) is 2.89. The van der Waals surface area contributed by atoms with Crippen LogP contribution >= 0.6 is 11.6 Å². The summed E-state index contributed by atoms with van der Waals surface area (Å²) in [5.41, 5.74) is 2.23. The molecule has 3 heterocycles. The lowest BCUT2D eigenvalue weighted by molar-refractivity contribution is -0.384. The first kappa shape index (κ1) is 21.5. The molecule has 0 amide bonds. The van der Waals surface area contributed by atoms with Crippen molar-refractivity contribution in [1.29, 1.82) is 0 Å². The molecule has 4 aliphatic rings. The molecule has 6 rings (SSSR count). The molecule has 0 bridgehead atoms. The zero-order chi connectivity index (χ0) is 23.3. The van der Waals surface area contributed by atoms with Crippen LogP contribution in [0.2, 0.25) is 0 Å². The van der Waals surface area contributed by atoms with Crippen molar-refractivity contribution in [2.24, 2.45) is 10.2 Å². The maximum absolute atomic E-state index is 11.3. The summed E-state index contributed by atoms with van der Waals surface area (Å²) in [4.78, 5) is 13.4. The highest BCUT2D eigenvalue weighted by atomic mass is 35.5. The van der Waals surface area contributed by atoms with Crippen LogP contribution in [0, 0.1) is 10.1 Å². The molecule has 34 heavy (non-hydrogen) atoms. The second-order valence-corrected chi connectivity index (χ2v) is 9.39. The highest BCUT2D eigenvalue weighted by Crippen LogP contribution is 2.47. The van der Waals surface area contributed by atoms with Gasteiger partial charge in [-0.25, -0.2) is 10.0 Å². The van der Waals surface area contributed by atoms with E-state index in [0.717, 1.165) is 61.4 Å². The molecule has 2 fully saturated rings. The quantitative estimate of drug-likeness (QED) is 0.488. The summed E-state index contributed by atoms with van der Waals surface area (Å²) in [6.45, 7) is 2.89. The minimum atomic E-state index is -0.464. The van der Waals surface area contributed by atoms with Crippen molar-refractivity contribution >= 4 is 34.0 Å². The van der Waals surface area contributed by atoms with Crippen molar-refractivity contribution in [3.63, 3.8) is 0 Å². The molecule has 0 unspecified atom stereocenters. The van der Waals surface area contributed by atoms with E-state index >= 15 is 0 Å². The van der Waals surface area contributed by atoms with Gasteiger partial charge in [-0.1, -0.05) is 42.3 Å². The highest BCUT2D eigenvalue weighted by Gasteiger charge is 2.57. The van der Waals surface area contributed by atoms with Gasteiger partial charge in [-0.3, -0.25) is 15.0 Å². The van der Waals surface area contributed by atoms with Crippen LogP contribution in [0.5, 0.6) is 0 Å². The zero-order valence-corrected chi connectivity index (χ0v) is 19.4. The normalized spacial score (nSPS) is 26.7. The van der Waals surface area contributed by atoms with E-state index in [0.29, 0.717) is 18.4 Å². The Morgan fingerprint density at radius 2 is 1.76 bits per heavy atom. The number of nitro benzene ring substituents is 1. The summed E-state index contributed by atoms with van der Waals surface area (Å²) in [7, 11) is 0. The smallest absolute Gasteiger partial charge is 0.269 e. The molecule has 0 aromatic heterocycles.